The highest BCUT2D eigenvalue weighted by molar-refractivity contribution is 14.1. The van der Waals surface area contributed by atoms with Gasteiger partial charge in [0, 0.05) is 14.8 Å². The van der Waals surface area contributed by atoms with Crippen molar-refractivity contribution in [3.05, 3.63) is 61.5 Å². The molecule has 1 N–H and O–H groups in total. The molecule has 0 atom stereocenters. The number of anilines is 1. The number of hydrogen-bond donors (Lipinski definition) is 1. The predicted molar refractivity (Wildman–Crippen MR) is 113 cm³/mol. The molecule has 0 aliphatic rings. The standard InChI is InChI=1S/C19H18IN3O2S/c1-11-4-6-14(7-5-11)18-22-23(19(26)25-18)10-16(24)21-17-12(2)8-15(20)9-13(17)3/h4-9H,10H2,1-3H3,(H,21,24). The summed E-state index contributed by atoms with van der Waals surface area (Å²) in [5.41, 5.74) is 4.84. The molecule has 0 saturated heterocycles. The molecule has 0 fully saturated rings. The summed E-state index contributed by atoms with van der Waals surface area (Å²) in [6.45, 7) is 5.96. The fourth-order valence-electron chi connectivity index (χ4n) is 2.64. The number of rotatable bonds is 4. The van der Waals surface area contributed by atoms with E-state index < -0.39 is 0 Å². The molecule has 26 heavy (non-hydrogen) atoms. The van der Waals surface area contributed by atoms with Crippen LogP contribution in [0.25, 0.3) is 11.5 Å². The van der Waals surface area contributed by atoms with Gasteiger partial charge in [0.2, 0.25) is 11.8 Å². The highest BCUT2D eigenvalue weighted by Crippen LogP contribution is 2.23. The van der Waals surface area contributed by atoms with Crippen molar-refractivity contribution in [2.24, 2.45) is 0 Å². The molecule has 1 heterocycles. The molecular weight excluding hydrogens is 461 g/mol. The average Bonchev–Trinajstić information content (AvgIpc) is 2.92. The maximum atomic E-state index is 12.5. The number of benzene rings is 2. The number of amides is 1. The zero-order valence-electron chi connectivity index (χ0n) is 14.7. The number of halogens is 1. The summed E-state index contributed by atoms with van der Waals surface area (Å²) in [6, 6.07) is 11.8. The molecule has 7 heteroatoms. The summed E-state index contributed by atoms with van der Waals surface area (Å²) in [5.74, 6) is 0.210. The van der Waals surface area contributed by atoms with E-state index in [0.29, 0.717) is 5.89 Å². The van der Waals surface area contributed by atoms with E-state index in [1.54, 1.807) is 0 Å². The molecule has 0 saturated carbocycles. The van der Waals surface area contributed by atoms with Crippen LogP contribution in [0.3, 0.4) is 0 Å². The third kappa shape index (κ3) is 4.21. The van der Waals surface area contributed by atoms with Crippen LogP contribution in [0, 0.1) is 29.2 Å². The van der Waals surface area contributed by atoms with Gasteiger partial charge in [-0.15, -0.1) is 5.10 Å². The molecule has 0 spiro atoms. The molecule has 0 aliphatic carbocycles. The summed E-state index contributed by atoms with van der Waals surface area (Å²) in [5, 5.41) is 7.28. The van der Waals surface area contributed by atoms with E-state index in [4.69, 9.17) is 16.6 Å². The van der Waals surface area contributed by atoms with Crippen molar-refractivity contribution >= 4 is 46.4 Å². The maximum Gasteiger partial charge on any atom is 0.287 e. The van der Waals surface area contributed by atoms with Gasteiger partial charge in [0.25, 0.3) is 4.84 Å². The van der Waals surface area contributed by atoms with Crippen LogP contribution in [0.2, 0.25) is 0 Å². The highest BCUT2D eigenvalue weighted by atomic mass is 127. The van der Waals surface area contributed by atoms with Gasteiger partial charge in [-0.1, -0.05) is 17.7 Å². The van der Waals surface area contributed by atoms with Crippen molar-refractivity contribution in [3.63, 3.8) is 0 Å². The molecule has 3 rings (SSSR count). The first kappa shape index (κ1) is 18.8. The summed E-state index contributed by atoms with van der Waals surface area (Å²) >= 11 is 7.46. The number of nitrogens with one attached hydrogen (secondary N) is 1. The Bertz CT molecular complexity index is 999. The van der Waals surface area contributed by atoms with E-state index in [2.05, 4.69) is 33.0 Å². The van der Waals surface area contributed by atoms with Crippen LogP contribution in [0.4, 0.5) is 5.69 Å². The van der Waals surface area contributed by atoms with Crippen LogP contribution < -0.4 is 5.32 Å². The summed E-state index contributed by atoms with van der Waals surface area (Å²) in [6.07, 6.45) is 0. The van der Waals surface area contributed by atoms with Gasteiger partial charge >= 0.3 is 0 Å². The average molecular weight is 479 g/mol. The minimum atomic E-state index is -0.197. The second kappa shape index (κ2) is 7.71. The number of aromatic nitrogens is 2. The van der Waals surface area contributed by atoms with Gasteiger partial charge in [0.15, 0.2) is 0 Å². The van der Waals surface area contributed by atoms with E-state index >= 15 is 0 Å². The molecule has 3 aromatic rings. The Morgan fingerprint density at radius 3 is 2.42 bits per heavy atom. The zero-order chi connectivity index (χ0) is 18.8. The van der Waals surface area contributed by atoms with Crippen molar-refractivity contribution < 1.29 is 9.21 Å². The van der Waals surface area contributed by atoms with E-state index in [0.717, 1.165) is 31.5 Å². The second-order valence-corrected chi connectivity index (χ2v) is 7.75. The lowest BCUT2D eigenvalue weighted by Gasteiger charge is -2.12. The van der Waals surface area contributed by atoms with Gasteiger partial charge in [-0.2, -0.15) is 0 Å². The van der Waals surface area contributed by atoms with Crippen molar-refractivity contribution in [2.45, 2.75) is 27.3 Å². The first-order chi connectivity index (χ1) is 12.3. The molecule has 1 aromatic heterocycles. The van der Waals surface area contributed by atoms with Gasteiger partial charge in [-0.05, 0) is 91.0 Å². The zero-order valence-corrected chi connectivity index (χ0v) is 17.6. The largest absolute Gasteiger partial charge is 0.409 e. The Balaban J connectivity index is 1.78. The van der Waals surface area contributed by atoms with Crippen LogP contribution in [0.1, 0.15) is 16.7 Å². The lowest BCUT2D eigenvalue weighted by molar-refractivity contribution is -0.117. The molecule has 0 bridgehead atoms. The first-order valence-corrected chi connectivity index (χ1v) is 9.54. The van der Waals surface area contributed by atoms with E-state index in [1.165, 1.54) is 4.68 Å². The molecule has 0 radical (unpaired) electrons. The van der Waals surface area contributed by atoms with E-state index in [-0.39, 0.29) is 17.3 Å². The highest BCUT2D eigenvalue weighted by Gasteiger charge is 2.13. The Morgan fingerprint density at radius 1 is 1.19 bits per heavy atom. The van der Waals surface area contributed by atoms with Crippen molar-refractivity contribution in [3.8, 4) is 11.5 Å². The van der Waals surface area contributed by atoms with Gasteiger partial charge < -0.3 is 9.73 Å². The van der Waals surface area contributed by atoms with Gasteiger partial charge in [0.05, 0.1) is 0 Å². The molecular formula is C19H18IN3O2S. The summed E-state index contributed by atoms with van der Waals surface area (Å²) < 4.78 is 8.08. The van der Waals surface area contributed by atoms with E-state index in [1.807, 2.05) is 57.2 Å². The van der Waals surface area contributed by atoms with Crippen molar-refractivity contribution in [2.75, 3.05) is 5.32 Å². The van der Waals surface area contributed by atoms with Crippen LogP contribution in [0.15, 0.2) is 40.8 Å². The Morgan fingerprint density at radius 2 is 1.81 bits per heavy atom. The number of aryl methyl sites for hydroxylation is 3. The van der Waals surface area contributed by atoms with Crippen molar-refractivity contribution in [1.82, 2.24) is 9.78 Å². The normalized spacial score (nSPS) is 10.8. The minimum absolute atomic E-state index is 0.000931. The SMILES string of the molecule is Cc1ccc(-c2nn(CC(=O)Nc3c(C)cc(I)cc3C)c(=S)o2)cc1. The summed E-state index contributed by atoms with van der Waals surface area (Å²) in [7, 11) is 0. The Hall–Kier alpha value is -2.00. The molecule has 0 aliphatic heterocycles. The number of nitrogens with zero attached hydrogens (tertiary/aromatic N) is 2. The lowest BCUT2D eigenvalue weighted by Crippen LogP contribution is -2.20. The fourth-order valence-corrected chi connectivity index (χ4v) is 3.76. The number of carbonyl (C=O) groups is 1. The van der Waals surface area contributed by atoms with Crippen LogP contribution in [-0.4, -0.2) is 15.7 Å². The summed E-state index contributed by atoms with van der Waals surface area (Å²) in [4.78, 5) is 12.6. The minimum Gasteiger partial charge on any atom is -0.409 e. The Kier molecular flexibility index (Phi) is 5.57. The van der Waals surface area contributed by atoms with Gasteiger partial charge in [0.1, 0.15) is 6.54 Å². The quantitative estimate of drug-likeness (QED) is 0.421. The number of hydrogen-bond acceptors (Lipinski definition) is 4. The Labute approximate surface area is 170 Å². The predicted octanol–water partition coefficient (Wildman–Crippen LogP) is 5.04. The van der Waals surface area contributed by atoms with Gasteiger partial charge in [-0.3, -0.25) is 4.79 Å². The molecule has 0 unspecified atom stereocenters. The monoisotopic (exact) mass is 479 g/mol. The first-order valence-electron chi connectivity index (χ1n) is 8.05. The molecule has 2 aromatic carbocycles. The smallest absolute Gasteiger partial charge is 0.287 e. The lowest BCUT2D eigenvalue weighted by atomic mass is 10.1. The molecule has 1 amide bonds. The third-order valence-corrected chi connectivity index (χ3v) is 4.88. The number of carbonyl (C=O) groups excluding carboxylic acids is 1. The molecule has 134 valence electrons. The molecule has 5 nitrogen and oxygen atoms in total. The van der Waals surface area contributed by atoms with Crippen LogP contribution in [0.5, 0.6) is 0 Å². The van der Waals surface area contributed by atoms with Crippen LogP contribution in [-0.2, 0) is 11.3 Å². The van der Waals surface area contributed by atoms with Crippen molar-refractivity contribution in [1.29, 1.82) is 0 Å². The fraction of sp³-hybridized carbons (Fsp3) is 0.211. The van der Waals surface area contributed by atoms with Crippen LogP contribution >= 0.6 is 34.8 Å². The van der Waals surface area contributed by atoms with E-state index in [9.17, 15) is 4.79 Å². The topological polar surface area (TPSA) is 60.1 Å². The third-order valence-electron chi connectivity index (χ3n) is 3.96. The van der Waals surface area contributed by atoms with Gasteiger partial charge in [-0.25, -0.2) is 4.68 Å². The maximum absolute atomic E-state index is 12.5. The second-order valence-electron chi connectivity index (χ2n) is 6.16.